The number of halogens is 1. The van der Waals surface area contributed by atoms with E-state index < -0.39 is 15.3 Å². The maximum Gasteiger partial charge on any atom is 0.224 e. The van der Waals surface area contributed by atoms with Gasteiger partial charge < -0.3 is 5.32 Å². The standard InChI is InChI=1S/C18H25BrN4O3S/c1-13(2)27(25,26)20-10-5-4-9-17(24)21-15-8-6-7-14(11-15)18-16(19)12-23(3)22-18/h6-8,11-13,20H,4-5,9-10H2,1-3H3,(H,21,24). The molecule has 0 bridgehead atoms. The van der Waals surface area contributed by atoms with Crippen molar-refractivity contribution in [2.45, 2.75) is 38.4 Å². The van der Waals surface area contributed by atoms with Crippen molar-refractivity contribution in [2.75, 3.05) is 11.9 Å². The molecular weight excluding hydrogens is 432 g/mol. The van der Waals surface area contributed by atoms with Crippen LogP contribution >= 0.6 is 15.9 Å². The number of aryl methyl sites for hydroxylation is 1. The van der Waals surface area contributed by atoms with Crippen LogP contribution in [0.3, 0.4) is 0 Å². The SMILES string of the molecule is CC(C)S(=O)(=O)NCCCCC(=O)Nc1cccc(-c2nn(C)cc2Br)c1. The van der Waals surface area contributed by atoms with E-state index in [-0.39, 0.29) is 5.91 Å². The monoisotopic (exact) mass is 456 g/mol. The van der Waals surface area contributed by atoms with Gasteiger partial charge in [-0.1, -0.05) is 12.1 Å². The van der Waals surface area contributed by atoms with E-state index in [1.54, 1.807) is 18.5 Å². The summed E-state index contributed by atoms with van der Waals surface area (Å²) < 4.78 is 28.4. The average molecular weight is 457 g/mol. The maximum absolute atomic E-state index is 12.1. The van der Waals surface area contributed by atoms with Gasteiger partial charge in [-0.25, -0.2) is 13.1 Å². The first-order valence-corrected chi connectivity index (χ1v) is 11.1. The van der Waals surface area contributed by atoms with Crippen LogP contribution in [0, 0.1) is 0 Å². The number of hydrogen-bond donors (Lipinski definition) is 2. The van der Waals surface area contributed by atoms with Crippen molar-refractivity contribution in [1.29, 1.82) is 0 Å². The fraction of sp³-hybridized carbons (Fsp3) is 0.444. The molecule has 2 rings (SSSR count). The van der Waals surface area contributed by atoms with Crippen LogP contribution in [-0.2, 0) is 21.9 Å². The van der Waals surface area contributed by atoms with Crippen molar-refractivity contribution in [1.82, 2.24) is 14.5 Å². The Morgan fingerprint density at radius 2 is 2.04 bits per heavy atom. The third-order valence-corrected chi connectivity index (χ3v) is 6.39. The zero-order valence-electron chi connectivity index (χ0n) is 15.7. The predicted octanol–water partition coefficient (Wildman–Crippen LogP) is 3.29. The number of aromatic nitrogens is 2. The summed E-state index contributed by atoms with van der Waals surface area (Å²) in [6.45, 7) is 3.61. The molecule has 0 saturated carbocycles. The topological polar surface area (TPSA) is 93.1 Å². The van der Waals surface area contributed by atoms with Crippen molar-refractivity contribution < 1.29 is 13.2 Å². The molecule has 2 aromatic rings. The van der Waals surface area contributed by atoms with E-state index in [1.165, 1.54) is 0 Å². The molecule has 0 spiro atoms. The van der Waals surface area contributed by atoms with Gasteiger partial charge in [0.1, 0.15) is 5.69 Å². The summed E-state index contributed by atoms with van der Waals surface area (Å²) in [5.41, 5.74) is 2.42. The van der Waals surface area contributed by atoms with E-state index in [2.05, 4.69) is 31.1 Å². The molecule has 7 nitrogen and oxygen atoms in total. The zero-order chi connectivity index (χ0) is 20.0. The van der Waals surface area contributed by atoms with Gasteiger partial charge in [0.05, 0.1) is 9.72 Å². The van der Waals surface area contributed by atoms with E-state index in [4.69, 9.17) is 0 Å². The number of hydrogen-bond acceptors (Lipinski definition) is 4. The predicted molar refractivity (Wildman–Crippen MR) is 111 cm³/mol. The summed E-state index contributed by atoms with van der Waals surface area (Å²) >= 11 is 3.48. The van der Waals surface area contributed by atoms with E-state index in [0.29, 0.717) is 31.5 Å². The highest BCUT2D eigenvalue weighted by Gasteiger charge is 2.14. The van der Waals surface area contributed by atoms with Gasteiger partial charge in [-0.05, 0) is 54.8 Å². The van der Waals surface area contributed by atoms with Crippen LogP contribution in [0.15, 0.2) is 34.9 Å². The van der Waals surface area contributed by atoms with E-state index in [0.717, 1.165) is 15.7 Å². The molecule has 1 amide bonds. The lowest BCUT2D eigenvalue weighted by Crippen LogP contribution is -2.31. The van der Waals surface area contributed by atoms with Crippen molar-refractivity contribution in [2.24, 2.45) is 7.05 Å². The van der Waals surface area contributed by atoms with Crippen LogP contribution in [-0.4, -0.2) is 35.9 Å². The number of sulfonamides is 1. The molecule has 0 saturated heterocycles. The number of unbranched alkanes of at least 4 members (excludes halogenated alkanes) is 1. The van der Waals surface area contributed by atoms with Crippen LogP contribution in [0.2, 0.25) is 0 Å². The minimum Gasteiger partial charge on any atom is -0.326 e. The molecule has 0 fully saturated rings. The van der Waals surface area contributed by atoms with Crippen molar-refractivity contribution in [3.8, 4) is 11.3 Å². The van der Waals surface area contributed by atoms with Crippen LogP contribution in [0.1, 0.15) is 33.1 Å². The van der Waals surface area contributed by atoms with Crippen LogP contribution < -0.4 is 10.0 Å². The second-order valence-electron chi connectivity index (χ2n) is 6.57. The lowest BCUT2D eigenvalue weighted by molar-refractivity contribution is -0.116. The van der Waals surface area contributed by atoms with Crippen LogP contribution in [0.5, 0.6) is 0 Å². The summed E-state index contributed by atoms with van der Waals surface area (Å²) in [5, 5.41) is 6.83. The summed E-state index contributed by atoms with van der Waals surface area (Å²) in [6, 6.07) is 7.51. The molecule has 1 heterocycles. The van der Waals surface area contributed by atoms with Gasteiger partial charge in [-0.15, -0.1) is 0 Å². The molecule has 2 N–H and O–H groups in total. The Kier molecular flexibility index (Phi) is 7.58. The Labute approximate surface area is 168 Å². The smallest absolute Gasteiger partial charge is 0.224 e. The molecule has 9 heteroatoms. The highest BCUT2D eigenvalue weighted by molar-refractivity contribution is 9.10. The lowest BCUT2D eigenvalue weighted by atomic mass is 10.1. The number of nitrogens with zero attached hydrogens (tertiary/aromatic N) is 2. The Morgan fingerprint density at radius 1 is 1.30 bits per heavy atom. The first-order chi connectivity index (χ1) is 12.7. The fourth-order valence-electron chi connectivity index (χ4n) is 2.41. The number of benzene rings is 1. The molecule has 0 aliphatic heterocycles. The molecule has 1 aromatic carbocycles. The Hall–Kier alpha value is -1.71. The zero-order valence-corrected chi connectivity index (χ0v) is 18.1. The number of anilines is 1. The van der Waals surface area contributed by atoms with Crippen molar-refractivity contribution in [3.63, 3.8) is 0 Å². The van der Waals surface area contributed by atoms with Crippen LogP contribution in [0.25, 0.3) is 11.3 Å². The summed E-state index contributed by atoms with van der Waals surface area (Å²) in [6.07, 6.45) is 3.42. The number of amides is 1. The van der Waals surface area contributed by atoms with Crippen molar-refractivity contribution >= 4 is 37.5 Å². The largest absolute Gasteiger partial charge is 0.326 e. The number of nitrogens with one attached hydrogen (secondary N) is 2. The third kappa shape index (κ3) is 6.44. The van der Waals surface area contributed by atoms with Crippen LogP contribution in [0.4, 0.5) is 5.69 Å². The summed E-state index contributed by atoms with van der Waals surface area (Å²) in [7, 11) is -1.39. The van der Waals surface area contributed by atoms with Gasteiger partial charge in [0.15, 0.2) is 0 Å². The Morgan fingerprint density at radius 3 is 2.67 bits per heavy atom. The lowest BCUT2D eigenvalue weighted by Gasteiger charge is -2.09. The highest BCUT2D eigenvalue weighted by atomic mass is 79.9. The first-order valence-electron chi connectivity index (χ1n) is 8.77. The van der Waals surface area contributed by atoms with E-state index in [1.807, 2.05) is 37.5 Å². The third-order valence-electron chi connectivity index (χ3n) is 3.96. The van der Waals surface area contributed by atoms with Crippen molar-refractivity contribution in [3.05, 3.63) is 34.9 Å². The van der Waals surface area contributed by atoms with Gasteiger partial charge in [-0.2, -0.15) is 5.10 Å². The molecule has 148 valence electrons. The quantitative estimate of drug-likeness (QED) is 0.566. The minimum absolute atomic E-state index is 0.0982. The molecule has 0 atom stereocenters. The van der Waals surface area contributed by atoms with Gasteiger partial charge >= 0.3 is 0 Å². The fourth-order valence-corrected chi connectivity index (χ4v) is 3.78. The van der Waals surface area contributed by atoms with Gasteiger partial charge in [0.2, 0.25) is 15.9 Å². The number of carbonyl (C=O) groups is 1. The van der Waals surface area contributed by atoms with Gasteiger partial charge in [0, 0.05) is 37.5 Å². The second kappa shape index (κ2) is 9.48. The molecule has 0 unspecified atom stereocenters. The Bertz CT molecular complexity index is 894. The highest BCUT2D eigenvalue weighted by Crippen LogP contribution is 2.28. The normalized spacial score (nSPS) is 11.7. The van der Waals surface area contributed by atoms with Gasteiger partial charge in [0.25, 0.3) is 0 Å². The van der Waals surface area contributed by atoms with E-state index in [9.17, 15) is 13.2 Å². The van der Waals surface area contributed by atoms with E-state index >= 15 is 0 Å². The van der Waals surface area contributed by atoms with Gasteiger partial charge in [-0.3, -0.25) is 9.48 Å². The molecule has 0 radical (unpaired) electrons. The second-order valence-corrected chi connectivity index (χ2v) is 9.75. The molecule has 27 heavy (non-hydrogen) atoms. The number of carbonyl (C=O) groups excluding carboxylic acids is 1. The molecule has 0 aliphatic rings. The first kappa shape index (κ1) is 21.6. The molecule has 1 aromatic heterocycles. The maximum atomic E-state index is 12.1. The Balaban J connectivity index is 1.83. The summed E-state index contributed by atoms with van der Waals surface area (Å²) in [5.74, 6) is -0.0982. The summed E-state index contributed by atoms with van der Waals surface area (Å²) in [4.78, 5) is 12.1. The molecule has 0 aliphatic carbocycles. The minimum atomic E-state index is -3.24. The molecular formula is C18H25BrN4O3S. The number of rotatable bonds is 9. The average Bonchev–Trinajstić information content (AvgIpc) is 2.93.